The van der Waals surface area contributed by atoms with Crippen molar-refractivity contribution in [3.63, 3.8) is 0 Å². The van der Waals surface area contributed by atoms with Gasteiger partial charge in [-0.1, -0.05) is 18.2 Å². The molecule has 1 aliphatic heterocycles. The number of aliphatic carboxylic acids is 1. The van der Waals surface area contributed by atoms with Crippen molar-refractivity contribution in [1.29, 1.82) is 0 Å². The number of carboxylic acids is 1. The van der Waals surface area contributed by atoms with Crippen LogP contribution in [0.25, 0.3) is 0 Å². The van der Waals surface area contributed by atoms with E-state index >= 15 is 0 Å². The van der Waals surface area contributed by atoms with Crippen LogP contribution in [0.3, 0.4) is 0 Å². The third kappa shape index (κ3) is 3.29. The molecule has 0 aromatic heterocycles. The summed E-state index contributed by atoms with van der Waals surface area (Å²) < 4.78 is 31.4. The lowest BCUT2D eigenvalue weighted by atomic mass is 10.2. The number of rotatable bonds is 5. The van der Waals surface area contributed by atoms with Gasteiger partial charge in [0.15, 0.2) is 0 Å². The number of carboxylic acid groups (broad SMARTS) is 1. The molecule has 1 aromatic rings. The summed E-state index contributed by atoms with van der Waals surface area (Å²) in [6, 6.07) is 8.32. The number of ether oxygens (including phenoxy) is 1. The summed E-state index contributed by atoms with van der Waals surface area (Å²) in [5.74, 6) is -1.18. The van der Waals surface area contributed by atoms with Crippen LogP contribution in [-0.2, 0) is 19.6 Å². The van der Waals surface area contributed by atoms with Gasteiger partial charge in [0.1, 0.15) is 6.54 Å². The molecule has 20 heavy (non-hydrogen) atoms. The third-order valence-corrected chi connectivity index (χ3v) is 5.49. The molecular weight excluding hydrogens is 282 g/mol. The van der Waals surface area contributed by atoms with Crippen LogP contribution in [0.2, 0.25) is 0 Å². The molecule has 1 aromatic carbocycles. The van der Waals surface area contributed by atoms with Crippen LogP contribution in [0.4, 0.5) is 5.69 Å². The van der Waals surface area contributed by atoms with Gasteiger partial charge in [-0.25, -0.2) is 8.42 Å². The Hall–Kier alpha value is -1.60. The van der Waals surface area contributed by atoms with Crippen molar-refractivity contribution in [3.05, 3.63) is 30.3 Å². The van der Waals surface area contributed by atoms with Gasteiger partial charge in [-0.15, -0.1) is 0 Å². The maximum absolute atomic E-state index is 12.6. The summed E-state index contributed by atoms with van der Waals surface area (Å²) in [4.78, 5) is 11.0. The third-order valence-electron chi connectivity index (χ3n) is 3.22. The summed E-state index contributed by atoms with van der Waals surface area (Å²) in [5, 5.41) is 8.39. The van der Waals surface area contributed by atoms with E-state index in [0.717, 1.165) is 4.31 Å². The Morgan fingerprint density at radius 1 is 1.25 bits per heavy atom. The highest BCUT2D eigenvalue weighted by molar-refractivity contribution is 7.93. The van der Waals surface area contributed by atoms with Crippen LogP contribution in [0.15, 0.2) is 30.3 Å². The first-order chi connectivity index (χ1) is 9.51. The van der Waals surface area contributed by atoms with Crippen LogP contribution >= 0.6 is 0 Å². The van der Waals surface area contributed by atoms with Crippen molar-refractivity contribution in [2.24, 2.45) is 0 Å². The second-order valence-corrected chi connectivity index (χ2v) is 6.73. The number of hydrogen-bond donors (Lipinski definition) is 1. The van der Waals surface area contributed by atoms with Gasteiger partial charge in [-0.3, -0.25) is 9.10 Å². The van der Waals surface area contributed by atoms with Gasteiger partial charge >= 0.3 is 5.97 Å². The molecule has 1 N–H and O–H groups in total. The van der Waals surface area contributed by atoms with E-state index in [1.807, 2.05) is 0 Å². The topological polar surface area (TPSA) is 83.9 Å². The number of nitrogens with zero attached hydrogens (tertiary/aromatic N) is 1. The molecule has 1 fully saturated rings. The molecule has 6 nitrogen and oxygen atoms in total. The van der Waals surface area contributed by atoms with Gasteiger partial charge in [0.25, 0.3) is 0 Å². The van der Waals surface area contributed by atoms with E-state index in [1.54, 1.807) is 30.3 Å². The molecule has 1 heterocycles. The van der Waals surface area contributed by atoms with Crippen LogP contribution in [0.5, 0.6) is 0 Å². The lowest BCUT2D eigenvalue weighted by molar-refractivity contribution is -0.135. The van der Waals surface area contributed by atoms with Gasteiger partial charge in [0, 0.05) is 13.2 Å². The average Bonchev–Trinajstić information content (AvgIpc) is 2.46. The molecule has 0 aliphatic carbocycles. The molecule has 0 saturated carbocycles. The highest BCUT2D eigenvalue weighted by Crippen LogP contribution is 2.25. The molecule has 1 saturated heterocycles. The fourth-order valence-corrected chi connectivity index (χ4v) is 4.05. The van der Waals surface area contributed by atoms with Crippen molar-refractivity contribution in [1.82, 2.24) is 0 Å². The first-order valence-electron chi connectivity index (χ1n) is 6.38. The molecule has 7 heteroatoms. The van der Waals surface area contributed by atoms with Crippen molar-refractivity contribution in [2.75, 3.05) is 24.1 Å². The Morgan fingerprint density at radius 2 is 1.85 bits per heavy atom. The maximum atomic E-state index is 12.6. The number of hydrogen-bond acceptors (Lipinski definition) is 4. The second-order valence-electron chi connectivity index (χ2n) is 4.59. The summed E-state index contributed by atoms with van der Waals surface area (Å²) in [6.45, 7) is 0.211. The van der Waals surface area contributed by atoms with Crippen LogP contribution in [0, 0.1) is 0 Å². The summed E-state index contributed by atoms with van der Waals surface area (Å²) in [7, 11) is -3.70. The Balaban J connectivity index is 2.32. The second kappa shape index (κ2) is 6.23. The van der Waals surface area contributed by atoms with Gasteiger partial charge in [0.2, 0.25) is 10.0 Å². The predicted molar refractivity (Wildman–Crippen MR) is 74.2 cm³/mol. The van der Waals surface area contributed by atoms with E-state index < -0.39 is 27.8 Å². The molecule has 1 aliphatic rings. The molecule has 0 radical (unpaired) electrons. The van der Waals surface area contributed by atoms with Crippen molar-refractivity contribution in [3.8, 4) is 0 Å². The fourth-order valence-electron chi connectivity index (χ4n) is 2.20. The van der Waals surface area contributed by atoms with E-state index in [1.165, 1.54) is 0 Å². The molecule has 2 rings (SSSR count). The normalized spacial score (nSPS) is 16.8. The Bertz CT molecular complexity index is 551. The first kappa shape index (κ1) is 14.8. The largest absolute Gasteiger partial charge is 0.480 e. The van der Waals surface area contributed by atoms with E-state index in [9.17, 15) is 13.2 Å². The lowest BCUT2D eigenvalue weighted by Crippen LogP contribution is -2.43. The summed E-state index contributed by atoms with van der Waals surface area (Å²) in [5.41, 5.74) is 0.376. The van der Waals surface area contributed by atoms with E-state index in [-0.39, 0.29) is 0 Å². The minimum atomic E-state index is -3.70. The molecule has 0 amide bonds. The molecule has 0 atom stereocenters. The van der Waals surface area contributed by atoms with Crippen LogP contribution in [0.1, 0.15) is 12.8 Å². The monoisotopic (exact) mass is 299 g/mol. The minimum absolute atomic E-state index is 0.376. The predicted octanol–water partition coefficient (Wildman–Crippen LogP) is 1.09. The highest BCUT2D eigenvalue weighted by atomic mass is 32.2. The summed E-state index contributed by atoms with van der Waals surface area (Å²) >= 11 is 0. The van der Waals surface area contributed by atoms with E-state index in [4.69, 9.17) is 9.84 Å². The molecule has 0 bridgehead atoms. The number of benzene rings is 1. The van der Waals surface area contributed by atoms with Crippen molar-refractivity contribution >= 4 is 21.7 Å². The number of anilines is 1. The Morgan fingerprint density at radius 3 is 2.40 bits per heavy atom. The number of carbonyl (C=O) groups is 1. The highest BCUT2D eigenvalue weighted by Gasteiger charge is 2.34. The van der Waals surface area contributed by atoms with Crippen molar-refractivity contribution < 1.29 is 23.1 Å². The Labute approximate surface area is 118 Å². The van der Waals surface area contributed by atoms with Gasteiger partial charge in [-0.2, -0.15) is 0 Å². The van der Waals surface area contributed by atoms with Crippen LogP contribution in [-0.4, -0.2) is 44.5 Å². The lowest BCUT2D eigenvalue weighted by Gasteiger charge is -2.30. The van der Waals surface area contributed by atoms with Crippen LogP contribution < -0.4 is 4.31 Å². The average molecular weight is 299 g/mol. The van der Waals surface area contributed by atoms with Gasteiger partial charge in [-0.05, 0) is 25.0 Å². The molecule has 0 spiro atoms. The molecule has 110 valence electrons. The zero-order valence-corrected chi connectivity index (χ0v) is 11.8. The minimum Gasteiger partial charge on any atom is -0.480 e. The van der Waals surface area contributed by atoms with E-state index in [2.05, 4.69) is 0 Å². The van der Waals surface area contributed by atoms with E-state index in [0.29, 0.717) is 31.7 Å². The quantitative estimate of drug-likeness (QED) is 0.879. The SMILES string of the molecule is O=C(O)CN(c1ccccc1)S(=O)(=O)C1CCOCC1. The zero-order chi connectivity index (χ0) is 14.6. The molecule has 0 unspecified atom stereocenters. The summed E-state index contributed by atoms with van der Waals surface area (Å²) in [6.07, 6.45) is 0.788. The Kier molecular flexibility index (Phi) is 4.61. The molecular formula is C13H17NO5S. The smallest absolute Gasteiger partial charge is 0.324 e. The van der Waals surface area contributed by atoms with Gasteiger partial charge in [0.05, 0.1) is 10.9 Å². The first-order valence-corrected chi connectivity index (χ1v) is 7.88. The maximum Gasteiger partial charge on any atom is 0.324 e. The van der Waals surface area contributed by atoms with Gasteiger partial charge < -0.3 is 9.84 Å². The number of para-hydroxylation sites is 1. The van der Waals surface area contributed by atoms with Crippen molar-refractivity contribution in [2.45, 2.75) is 18.1 Å². The number of sulfonamides is 1. The zero-order valence-electron chi connectivity index (χ0n) is 10.9. The standard InChI is InChI=1S/C13H17NO5S/c15-13(16)10-14(11-4-2-1-3-5-11)20(17,18)12-6-8-19-9-7-12/h1-5,12H,6-10H2,(H,15,16). The fraction of sp³-hybridized carbons (Fsp3) is 0.462.